The summed E-state index contributed by atoms with van der Waals surface area (Å²) in [6.45, 7) is 6.13. The van der Waals surface area contributed by atoms with Crippen LogP contribution in [0.3, 0.4) is 0 Å². The highest BCUT2D eigenvalue weighted by Crippen LogP contribution is 2.14. The Balaban J connectivity index is 1.93. The molecule has 21 heavy (non-hydrogen) atoms. The number of nitrogens with one attached hydrogen (secondary N) is 2. The van der Waals surface area contributed by atoms with E-state index in [0.29, 0.717) is 0 Å². The van der Waals surface area contributed by atoms with Crippen LogP contribution in [0.2, 0.25) is 0 Å². The maximum absolute atomic E-state index is 12.0. The fraction of sp³-hybridized carbons (Fsp3) is 0.278. The third-order valence-electron chi connectivity index (χ3n) is 3.55. The fourth-order valence-corrected chi connectivity index (χ4v) is 2.13. The molecule has 3 heteroatoms. The highest BCUT2D eigenvalue weighted by molar-refractivity contribution is 5.89. The molecule has 3 nitrogen and oxygen atoms in total. The highest BCUT2D eigenvalue weighted by Gasteiger charge is 2.09. The Hall–Kier alpha value is -2.29. The molecule has 0 heterocycles. The number of urea groups is 1. The van der Waals surface area contributed by atoms with E-state index < -0.39 is 0 Å². The maximum atomic E-state index is 12.0. The van der Waals surface area contributed by atoms with Crippen molar-refractivity contribution >= 4 is 11.7 Å². The van der Waals surface area contributed by atoms with Gasteiger partial charge in [0, 0.05) is 5.69 Å². The minimum Gasteiger partial charge on any atom is -0.331 e. The molecule has 0 aromatic heterocycles. The van der Waals surface area contributed by atoms with Crippen molar-refractivity contribution in [3.05, 3.63) is 65.2 Å². The first kappa shape index (κ1) is 15.1. The van der Waals surface area contributed by atoms with E-state index in [4.69, 9.17) is 0 Å². The van der Waals surface area contributed by atoms with Gasteiger partial charge in [-0.1, -0.05) is 48.9 Å². The van der Waals surface area contributed by atoms with Crippen LogP contribution in [-0.4, -0.2) is 6.03 Å². The van der Waals surface area contributed by atoms with E-state index in [2.05, 4.69) is 41.8 Å². The van der Waals surface area contributed by atoms with Crippen LogP contribution in [0.4, 0.5) is 10.5 Å². The lowest BCUT2D eigenvalue weighted by Gasteiger charge is -2.15. The van der Waals surface area contributed by atoms with Gasteiger partial charge in [0.05, 0.1) is 6.04 Å². The van der Waals surface area contributed by atoms with E-state index in [1.807, 2.05) is 38.1 Å². The van der Waals surface area contributed by atoms with Gasteiger partial charge >= 0.3 is 6.03 Å². The highest BCUT2D eigenvalue weighted by atomic mass is 16.2. The zero-order valence-electron chi connectivity index (χ0n) is 12.8. The predicted octanol–water partition coefficient (Wildman–Crippen LogP) is 4.44. The van der Waals surface area contributed by atoms with E-state index >= 15 is 0 Å². The molecule has 1 atom stereocenters. The Bertz CT molecular complexity index is 588. The summed E-state index contributed by atoms with van der Waals surface area (Å²) in [5.41, 5.74) is 4.37. The molecule has 2 N–H and O–H groups in total. The minimum absolute atomic E-state index is 0.0265. The van der Waals surface area contributed by atoms with Crippen LogP contribution in [0.15, 0.2) is 48.5 Å². The quantitative estimate of drug-likeness (QED) is 0.855. The lowest BCUT2D eigenvalue weighted by molar-refractivity contribution is 0.249. The molecular formula is C18H22N2O. The molecule has 0 spiro atoms. The van der Waals surface area contributed by atoms with Gasteiger partial charge < -0.3 is 10.6 Å². The van der Waals surface area contributed by atoms with Crippen LogP contribution in [0.1, 0.15) is 36.6 Å². The number of rotatable bonds is 4. The predicted molar refractivity (Wildman–Crippen MR) is 87.6 cm³/mol. The monoisotopic (exact) mass is 282 g/mol. The average Bonchev–Trinajstić information content (AvgIpc) is 2.49. The molecule has 0 fully saturated rings. The normalized spacial score (nSPS) is 11.8. The third kappa shape index (κ3) is 4.35. The van der Waals surface area contributed by atoms with E-state index in [1.54, 1.807) is 0 Å². The van der Waals surface area contributed by atoms with Crippen LogP contribution < -0.4 is 10.6 Å². The summed E-state index contributed by atoms with van der Waals surface area (Å²) in [5.74, 6) is 0. The van der Waals surface area contributed by atoms with Gasteiger partial charge in [-0.25, -0.2) is 4.79 Å². The molecule has 0 bridgehead atoms. The Labute approximate surface area is 126 Å². The summed E-state index contributed by atoms with van der Waals surface area (Å²) in [6, 6.07) is 15.9. The number of benzene rings is 2. The first-order chi connectivity index (χ1) is 10.1. The van der Waals surface area contributed by atoms with Gasteiger partial charge in [0.2, 0.25) is 0 Å². The largest absolute Gasteiger partial charge is 0.331 e. The first-order valence-electron chi connectivity index (χ1n) is 7.31. The fourth-order valence-electron chi connectivity index (χ4n) is 2.13. The van der Waals surface area contributed by atoms with E-state index in [9.17, 15) is 4.79 Å². The Morgan fingerprint density at radius 3 is 2.24 bits per heavy atom. The zero-order chi connectivity index (χ0) is 15.2. The number of aryl methyl sites for hydroxylation is 2. The van der Waals surface area contributed by atoms with Gasteiger partial charge in [-0.15, -0.1) is 0 Å². The Morgan fingerprint density at radius 2 is 1.67 bits per heavy atom. The van der Waals surface area contributed by atoms with Gasteiger partial charge in [-0.3, -0.25) is 0 Å². The van der Waals surface area contributed by atoms with Gasteiger partial charge in [-0.05, 0) is 43.5 Å². The second-order valence-electron chi connectivity index (χ2n) is 5.28. The van der Waals surface area contributed by atoms with Gasteiger partial charge in [0.25, 0.3) is 0 Å². The number of carbonyl (C=O) groups excluding carboxylic acids is 1. The number of carbonyl (C=O) groups is 1. The molecule has 0 saturated carbocycles. The van der Waals surface area contributed by atoms with Crippen LogP contribution >= 0.6 is 0 Å². The van der Waals surface area contributed by atoms with Crippen LogP contribution in [0.25, 0.3) is 0 Å². The lowest BCUT2D eigenvalue weighted by atomic mass is 10.1. The molecule has 1 unspecified atom stereocenters. The van der Waals surface area contributed by atoms with Crippen molar-refractivity contribution < 1.29 is 4.79 Å². The second kappa shape index (κ2) is 6.93. The molecule has 110 valence electrons. The van der Waals surface area contributed by atoms with Gasteiger partial charge in [0.15, 0.2) is 0 Å². The average molecular weight is 282 g/mol. The molecule has 0 aliphatic heterocycles. The summed E-state index contributed by atoms with van der Waals surface area (Å²) >= 11 is 0. The van der Waals surface area contributed by atoms with Crippen LogP contribution in [0, 0.1) is 6.92 Å². The van der Waals surface area contributed by atoms with Crippen molar-refractivity contribution in [1.82, 2.24) is 5.32 Å². The lowest BCUT2D eigenvalue weighted by Crippen LogP contribution is -2.31. The molecule has 2 amide bonds. The molecule has 2 aromatic rings. The molecule has 2 rings (SSSR count). The number of hydrogen-bond acceptors (Lipinski definition) is 1. The van der Waals surface area contributed by atoms with Crippen molar-refractivity contribution in [2.24, 2.45) is 0 Å². The summed E-state index contributed by atoms with van der Waals surface area (Å²) in [6.07, 6.45) is 1.02. The smallest absolute Gasteiger partial charge is 0.319 e. The summed E-state index contributed by atoms with van der Waals surface area (Å²) in [4.78, 5) is 12.0. The zero-order valence-corrected chi connectivity index (χ0v) is 12.8. The second-order valence-corrected chi connectivity index (χ2v) is 5.28. The van der Waals surface area contributed by atoms with E-state index in [1.165, 1.54) is 11.1 Å². The van der Waals surface area contributed by atoms with Crippen molar-refractivity contribution in [2.75, 3.05) is 5.32 Å². The molecule has 2 aromatic carbocycles. The minimum atomic E-state index is -0.189. The number of anilines is 1. The first-order valence-corrected chi connectivity index (χ1v) is 7.31. The number of hydrogen-bond donors (Lipinski definition) is 2. The molecule has 0 aliphatic carbocycles. The van der Waals surface area contributed by atoms with Crippen LogP contribution in [0.5, 0.6) is 0 Å². The van der Waals surface area contributed by atoms with E-state index in [-0.39, 0.29) is 12.1 Å². The Morgan fingerprint density at radius 1 is 1.05 bits per heavy atom. The van der Waals surface area contributed by atoms with Crippen molar-refractivity contribution in [2.45, 2.75) is 33.2 Å². The van der Waals surface area contributed by atoms with Crippen LogP contribution in [-0.2, 0) is 6.42 Å². The summed E-state index contributed by atoms with van der Waals surface area (Å²) in [5, 5.41) is 5.79. The molecular weight excluding hydrogens is 260 g/mol. The maximum Gasteiger partial charge on any atom is 0.319 e. The van der Waals surface area contributed by atoms with Crippen molar-refractivity contribution in [3.63, 3.8) is 0 Å². The Kier molecular flexibility index (Phi) is 4.99. The third-order valence-corrected chi connectivity index (χ3v) is 3.55. The molecule has 0 aliphatic rings. The number of amides is 2. The molecule has 0 radical (unpaired) electrons. The summed E-state index contributed by atoms with van der Waals surface area (Å²) in [7, 11) is 0. The topological polar surface area (TPSA) is 41.1 Å². The SMILES string of the molecule is CCc1ccc(C(C)NC(=O)Nc2ccc(C)cc2)cc1. The van der Waals surface area contributed by atoms with Gasteiger partial charge in [0.1, 0.15) is 0 Å². The van der Waals surface area contributed by atoms with Crippen molar-refractivity contribution in [3.8, 4) is 0 Å². The van der Waals surface area contributed by atoms with E-state index in [0.717, 1.165) is 17.7 Å². The standard InChI is InChI=1S/C18H22N2O/c1-4-15-7-9-16(10-8-15)14(3)19-18(21)20-17-11-5-13(2)6-12-17/h5-12,14H,4H2,1-3H3,(H2,19,20,21). The molecule has 0 saturated heterocycles. The van der Waals surface area contributed by atoms with Gasteiger partial charge in [-0.2, -0.15) is 0 Å². The summed E-state index contributed by atoms with van der Waals surface area (Å²) < 4.78 is 0. The van der Waals surface area contributed by atoms with Crippen molar-refractivity contribution in [1.29, 1.82) is 0 Å².